The lowest BCUT2D eigenvalue weighted by atomic mass is 10.2. The predicted molar refractivity (Wildman–Crippen MR) is 59.5 cm³/mol. The first-order valence-corrected chi connectivity index (χ1v) is 4.96. The molecule has 5 nitrogen and oxygen atoms in total. The van der Waals surface area contributed by atoms with Crippen molar-refractivity contribution in [2.75, 3.05) is 5.32 Å². The van der Waals surface area contributed by atoms with E-state index in [1.807, 2.05) is 13.8 Å². The molecule has 0 atom stereocenters. The number of hydrogen-bond donors (Lipinski definition) is 2. The Morgan fingerprint density at radius 3 is 2.69 bits per heavy atom. The van der Waals surface area contributed by atoms with Crippen molar-refractivity contribution < 1.29 is 9.21 Å². The summed E-state index contributed by atoms with van der Waals surface area (Å²) in [6.07, 6.45) is 1.43. The summed E-state index contributed by atoms with van der Waals surface area (Å²) in [5, 5.41) is 9.53. The smallest absolute Gasteiger partial charge is 0.260 e. The molecule has 16 heavy (non-hydrogen) atoms. The van der Waals surface area contributed by atoms with Crippen LogP contribution >= 0.6 is 0 Å². The Morgan fingerprint density at radius 2 is 2.19 bits per heavy atom. The minimum absolute atomic E-state index is 0.216. The van der Waals surface area contributed by atoms with Gasteiger partial charge in [0.15, 0.2) is 5.82 Å². The summed E-state index contributed by atoms with van der Waals surface area (Å²) >= 11 is 0. The Bertz CT molecular complexity index is 525. The SMILES string of the molecule is Cc1cc(C(=O)Nc2n[nH]c(C)c2C)co1. The number of hydrogen-bond acceptors (Lipinski definition) is 3. The van der Waals surface area contributed by atoms with Crippen LogP contribution in [0.3, 0.4) is 0 Å². The predicted octanol–water partition coefficient (Wildman–Crippen LogP) is 2.18. The van der Waals surface area contributed by atoms with Gasteiger partial charge in [0.2, 0.25) is 0 Å². The molecule has 2 rings (SSSR count). The van der Waals surface area contributed by atoms with E-state index in [4.69, 9.17) is 4.42 Å². The van der Waals surface area contributed by atoms with Crippen LogP contribution in [0.25, 0.3) is 0 Å². The van der Waals surface area contributed by atoms with Crippen LogP contribution in [0.1, 0.15) is 27.4 Å². The number of aryl methyl sites for hydroxylation is 2. The molecule has 0 aliphatic carbocycles. The van der Waals surface area contributed by atoms with Crippen molar-refractivity contribution in [2.45, 2.75) is 20.8 Å². The molecule has 1 amide bonds. The van der Waals surface area contributed by atoms with Gasteiger partial charge in [0, 0.05) is 11.3 Å². The fourth-order valence-electron chi connectivity index (χ4n) is 1.35. The molecule has 0 bridgehead atoms. The van der Waals surface area contributed by atoms with Crippen LogP contribution in [0.4, 0.5) is 5.82 Å². The summed E-state index contributed by atoms with van der Waals surface area (Å²) in [7, 11) is 0. The maximum Gasteiger partial charge on any atom is 0.260 e. The third-order valence-electron chi connectivity index (χ3n) is 2.48. The van der Waals surface area contributed by atoms with E-state index in [9.17, 15) is 4.79 Å². The second-order valence-electron chi connectivity index (χ2n) is 3.72. The van der Waals surface area contributed by atoms with Crippen LogP contribution in [-0.4, -0.2) is 16.1 Å². The molecule has 2 aromatic rings. The summed E-state index contributed by atoms with van der Waals surface area (Å²) in [4.78, 5) is 11.8. The van der Waals surface area contributed by atoms with E-state index in [-0.39, 0.29) is 5.91 Å². The quantitative estimate of drug-likeness (QED) is 0.813. The van der Waals surface area contributed by atoms with E-state index in [2.05, 4.69) is 15.5 Å². The average molecular weight is 219 g/mol. The number of anilines is 1. The molecule has 0 radical (unpaired) electrons. The summed E-state index contributed by atoms with van der Waals surface area (Å²) in [6, 6.07) is 1.68. The lowest BCUT2D eigenvalue weighted by Gasteiger charge is -1.99. The molecule has 0 aromatic carbocycles. The molecule has 2 heterocycles. The number of nitrogens with zero attached hydrogens (tertiary/aromatic N) is 1. The van der Waals surface area contributed by atoms with Crippen molar-refractivity contribution in [3.05, 3.63) is 34.9 Å². The largest absolute Gasteiger partial charge is 0.469 e. The lowest BCUT2D eigenvalue weighted by molar-refractivity contribution is 0.102. The van der Waals surface area contributed by atoms with E-state index in [0.29, 0.717) is 17.1 Å². The Labute approximate surface area is 92.9 Å². The minimum atomic E-state index is -0.216. The molecule has 0 aliphatic rings. The Balaban J connectivity index is 2.17. The Hall–Kier alpha value is -2.04. The van der Waals surface area contributed by atoms with E-state index in [0.717, 1.165) is 11.3 Å². The molecule has 0 saturated heterocycles. The van der Waals surface area contributed by atoms with Gasteiger partial charge >= 0.3 is 0 Å². The summed E-state index contributed by atoms with van der Waals surface area (Å²) in [5.74, 6) is 1.05. The van der Waals surface area contributed by atoms with E-state index >= 15 is 0 Å². The number of aromatic amines is 1. The van der Waals surface area contributed by atoms with Gasteiger partial charge in [0.25, 0.3) is 5.91 Å². The zero-order valence-electron chi connectivity index (χ0n) is 9.42. The van der Waals surface area contributed by atoms with Crippen molar-refractivity contribution >= 4 is 11.7 Å². The number of carbonyl (C=O) groups is 1. The highest BCUT2D eigenvalue weighted by Crippen LogP contribution is 2.15. The molecule has 0 saturated carbocycles. The molecule has 2 N–H and O–H groups in total. The van der Waals surface area contributed by atoms with E-state index < -0.39 is 0 Å². The van der Waals surface area contributed by atoms with Gasteiger partial charge in [0.05, 0.1) is 5.56 Å². The van der Waals surface area contributed by atoms with Gasteiger partial charge in [0.1, 0.15) is 12.0 Å². The molecule has 5 heteroatoms. The standard InChI is InChI=1S/C11H13N3O2/c1-6-4-9(5-16-6)11(15)12-10-7(2)8(3)13-14-10/h4-5H,1-3H3,(H2,12,13,14,15). The topological polar surface area (TPSA) is 70.9 Å². The van der Waals surface area contributed by atoms with Crippen molar-refractivity contribution in [1.82, 2.24) is 10.2 Å². The number of rotatable bonds is 2. The van der Waals surface area contributed by atoms with Crippen LogP contribution in [0.5, 0.6) is 0 Å². The van der Waals surface area contributed by atoms with Crippen molar-refractivity contribution in [1.29, 1.82) is 0 Å². The zero-order chi connectivity index (χ0) is 11.7. The van der Waals surface area contributed by atoms with Crippen molar-refractivity contribution in [3.63, 3.8) is 0 Å². The number of amides is 1. The fourth-order valence-corrected chi connectivity index (χ4v) is 1.35. The van der Waals surface area contributed by atoms with Gasteiger partial charge in [-0.3, -0.25) is 9.89 Å². The zero-order valence-corrected chi connectivity index (χ0v) is 9.42. The average Bonchev–Trinajstić information content (AvgIpc) is 2.79. The van der Waals surface area contributed by atoms with Gasteiger partial charge in [-0.2, -0.15) is 5.10 Å². The lowest BCUT2D eigenvalue weighted by Crippen LogP contribution is -2.11. The van der Waals surface area contributed by atoms with Crippen LogP contribution < -0.4 is 5.32 Å². The number of H-pyrrole nitrogens is 1. The maximum absolute atomic E-state index is 11.8. The second kappa shape index (κ2) is 3.84. The monoisotopic (exact) mass is 219 g/mol. The summed E-state index contributed by atoms with van der Waals surface area (Å²) < 4.78 is 5.07. The highest BCUT2D eigenvalue weighted by atomic mass is 16.3. The molecule has 0 aliphatic heterocycles. The minimum Gasteiger partial charge on any atom is -0.469 e. The number of furan rings is 1. The van der Waals surface area contributed by atoms with Crippen molar-refractivity contribution in [2.24, 2.45) is 0 Å². The molecule has 2 aromatic heterocycles. The Kier molecular flexibility index (Phi) is 2.52. The number of aromatic nitrogens is 2. The van der Waals surface area contributed by atoms with Crippen LogP contribution in [-0.2, 0) is 0 Å². The van der Waals surface area contributed by atoms with E-state index in [1.54, 1.807) is 13.0 Å². The van der Waals surface area contributed by atoms with Crippen LogP contribution in [0, 0.1) is 20.8 Å². The molecule has 0 fully saturated rings. The molecular weight excluding hydrogens is 206 g/mol. The highest BCUT2D eigenvalue weighted by molar-refractivity contribution is 6.03. The van der Waals surface area contributed by atoms with Gasteiger partial charge in [-0.25, -0.2) is 0 Å². The van der Waals surface area contributed by atoms with Gasteiger partial charge < -0.3 is 9.73 Å². The fraction of sp³-hybridized carbons (Fsp3) is 0.273. The van der Waals surface area contributed by atoms with Crippen LogP contribution in [0.15, 0.2) is 16.7 Å². The normalized spacial score (nSPS) is 10.4. The van der Waals surface area contributed by atoms with Crippen LogP contribution in [0.2, 0.25) is 0 Å². The van der Waals surface area contributed by atoms with Gasteiger partial charge in [-0.05, 0) is 26.8 Å². The first-order chi connectivity index (χ1) is 7.58. The van der Waals surface area contributed by atoms with Crippen molar-refractivity contribution in [3.8, 4) is 0 Å². The molecule has 0 unspecified atom stereocenters. The maximum atomic E-state index is 11.8. The molecule has 0 spiro atoms. The molecular formula is C11H13N3O2. The third-order valence-corrected chi connectivity index (χ3v) is 2.48. The third kappa shape index (κ3) is 1.84. The molecule has 84 valence electrons. The highest BCUT2D eigenvalue weighted by Gasteiger charge is 2.12. The summed E-state index contributed by atoms with van der Waals surface area (Å²) in [5.41, 5.74) is 2.38. The van der Waals surface area contributed by atoms with E-state index in [1.165, 1.54) is 6.26 Å². The first kappa shape index (κ1) is 10.5. The number of carbonyl (C=O) groups excluding carboxylic acids is 1. The van der Waals surface area contributed by atoms with Gasteiger partial charge in [-0.15, -0.1) is 0 Å². The number of nitrogens with one attached hydrogen (secondary N) is 2. The first-order valence-electron chi connectivity index (χ1n) is 4.96. The summed E-state index contributed by atoms with van der Waals surface area (Å²) in [6.45, 7) is 5.59. The Morgan fingerprint density at radius 1 is 1.44 bits per heavy atom. The second-order valence-corrected chi connectivity index (χ2v) is 3.72. The van der Waals surface area contributed by atoms with Gasteiger partial charge in [-0.1, -0.05) is 0 Å².